The zero-order chi connectivity index (χ0) is 15.3. The van der Waals surface area contributed by atoms with Crippen molar-refractivity contribution in [2.75, 3.05) is 40.0 Å². The van der Waals surface area contributed by atoms with Gasteiger partial charge in [-0.1, -0.05) is 12.1 Å². The van der Waals surface area contributed by atoms with E-state index >= 15 is 0 Å². The van der Waals surface area contributed by atoms with Crippen molar-refractivity contribution in [1.82, 2.24) is 10.2 Å². The van der Waals surface area contributed by atoms with Crippen molar-refractivity contribution in [2.24, 2.45) is 0 Å². The van der Waals surface area contributed by atoms with Gasteiger partial charge >= 0.3 is 0 Å². The summed E-state index contributed by atoms with van der Waals surface area (Å²) in [5.41, 5.74) is 1.39. The molecule has 1 unspecified atom stereocenters. The SMILES string of the molecule is COc1cccc(C(C)NCC(C)(C)N2CCOCC2)c1. The fourth-order valence-corrected chi connectivity index (χ4v) is 2.71. The molecule has 1 atom stereocenters. The maximum absolute atomic E-state index is 5.44. The molecule has 0 bridgehead atoms. The molecule has 4 nitrogen and oxygen atoms in total. The maximum atomic E-state index is 5.44. The molecule has 1 aliphatic heterocycles. The second-order valence-electron chi connectivity index (χ2n) is 6.29. The molecule has 0 amide bonds. The fraction of sp³-hybridized carbons (Fsp3) is 0.647. The molecule has 0 radical (unpaired) electrons. The van der Waals surface area contributed by atoms with Crippen LogP contribution in [0.3, 0.4) is 0 Å². The van der Waals surface area contributed by atoms with Crippen molar-refractivity contribution < 1.29 is 9.47 Å². The predicted molar refractivity (Wildman–Crippen MR) is 85.9 cm³/mol. The van der Waals surface area contributed by atoms with Crippen LogP contribution in [-0.2, 0) is 4.74 Å². The van der Waals surface area contributed by atoms with Crippen molar-refractivity contribution in [2.45, 2.75) is 32.4 Å². The van der Waals surface area contributed by atoms with E-state index in [4.69, 9.17) is 9.47 Å². The number of hydrogen-bond acceptors (Lipinski definition) is 4. The minimum atomic E-state index is 0.136. The lowest BCUT2D eigenvalue weighted by atomic mass is 10.0. The number of benzene rings is 1. The average molecular weight is 292 g/mol. The molecule has 1 N–H and O–H groups in total. The Morgan fingerprint density at radius 3 is 2.71 bits per heavy atom. The highest BCUT2D eigenvalue weighted by molar-refractivity contribution is 5.30. The molecular weight excluding hydrogens is 264 g/mol. The smallest absolute Gasteiger partial charge is 0.119 e. The molecular formula is C17H28N2O2. The first kappa shape index (κ1) is 16.3. The van der Waals surface area contributed by atoms with Crippen LogP contribution in [0.25, 0.3) is 0 Å². The van der Waals surface area contributed by atoms with E-state index in [0.717, 1.165) is 38.6 Å². The van der Waals surface area contributed by atoms with E-state index in [1.807, 2.05) is 12.1 Å². The molecule has 1 heterocycles. The molecule has 0 aliphatic carbocycles. The van der Waals surface area contributed by atoms with Crippen LogP contribution in [-0.4, -0.2) is 50.4 Å². The monoisotopic (exact) mass is 292 g/mol. The van der Waals surface area contributed by atoms with Gasteiger partial charge in [0.25, 0.3) is 0 Å². The molecule has 1 fully saturated rings. The van der Waals surface area contributed by atoms with Gasteiger partial charge in [0.15, 0.2) is 0 Å². The highest BCUT2D eigenvalue weighted by atomic mass is 16.5. The lowest BCUT2D eigenvalue weighted by molar-refractivity contribution is -0.0102. The zero-order valence-corrected chi connectivity index (χ0v) is 13.7. The molecule has 4 heteroatoms. The van der Waals surface area contributed by atoms with Crippen LogP contribution in [0, 0.1) is 0 Å². The lowest BCUT2D eigenvalue weighted by Gasteiger charge is -2.41. The van der Waals surface area contributed by atoms with E-state index in [-0.39, 0.29) is 5.54 Å². The summed E-state index contributed by atoms with van der Waals surface area (Å²) in [5, 5.41) is 3.65. The van der Waals surface area contributed by atoms with Crippen molar-refractivity contribution in [1.29, 1.82) is 0 Å². The van der Waals surface area contributed by atoms with Crippen LogP contribution < -0.4 is 10.1 Å². The topological polar surface area (TPSA) is 33.7 Å². The number of rotatable bonds is 6. The van der Waals surface area contributed by atoms with Crippen LogP contribution in [0.2, 0.25) is 0 Å². The van der Waals surface area contributed by atoms with Gasteiger partial charge in [-0.25, -0.2) is 0 Å². The average Bonchev–Trinajstić information content (AvgIpc) is 2.53. The first-order valence-electron chi connectivity index (χ1n) is 7.73. The van der Waals surface area contributed by atoms with Crippen LogP contribution in [0.15, 0.2) is 24.3 Å². The second-order valence-corrected chi connectivity index (χ2v) is 6.29. The third-order valence-corrected chi connectivity index (χ3v) is 4.30. The number of nitrogens with one attached hydrogen (secondary N) is 1. The van der Waals surface area contributed by atoms with E-state index in [2.05, 4.69) is 43.1 Å². The van der Waals surface area contributed by atoms with Gasteiger partial charge in [-0.2, -0.15) is 0 Å². The normalized spacial score (nSPS) is 18.5. The van der Waals surface area contributed by atoms with Crippen molar-refractivity contribution >= 4 is 0 Å². The number of morpholine rings is 1. The number of ether oxygens (including phenoxy) is 2. The van der Waals surface area contributed by atoms with Gasteiger partial charge in [0, 0.05) is 31.2 Å². The molecule has 0 spiro atoms. The third kappa shape index (κ3) is 4.43. The summed E-state index contributed by atoms with van der Waals surface area (Å²) < 4.78 is 10.7. The van der Waals surface area contributed by atoms with E-state index in [0.29, 0.717) is 6.04 Å². The Balaban J connectivity index is 1.91. The standard InChI is InChI=1S/C17H28N2O2/c1-14(15-6-5-7-16(12-15)20-4)18-13-17(2,3)19-8-10-21-11-9-19/h5-7,12,14,18H,8-11,13H2,1-4H3. The Kier molecular flexibility index (Phi) is 5.62. The number of methoxy groups -OCH3 is 1. The summed E-state index contributed by atoms with van der Waals surface area (Å²) in [6, 6.07) is 8.56. The first-order chi connectivity index (χ1) is 10.0. The number of hydrogen-bond donors (Lipinski definition) is 1. The summed E-state index contributed by atoms with van der Waals surface area (Å²) in [6.45, 7) is 11.5. The summed E-state index contributed by atoms with van der Waals surface area (Å²) >= 11 is 0. The van der Waals surface area contributed by atoms with Gasteiger partial charge in [-0.15, -0.1) is 0 Å². The quantitative estimate of drug-likeness (QED) is 0.873. The molecule has 1 aliphatic rings. The lowest BCUT2D eigenvalue weighted by Crippen LogP contribution is -2.54. The van der Waals surface area contributed by atoms with Crippen molar-refractivity contribution in [3.05, 3.63) is 29.8 Å². The van der Waals surface area contributed by atoms with Crippen LogP contribution in [0.4, 0.5) is 0 Å². The third-order valence-electron chi connectivity index (χ3n) is 4.30. The molecule has 0 aromatic heterocycles. The molecule has 1 aromatic rings. The van der Waals surface area contributed by atoms with Crippen LogP contribution in [0.1, 0.15) is 32.4 Å². The highest BCUT2D eigenvalue weighted by Crippen LogP contribution is 2.21. The van der Waals surface area contributed by atoms with E-state index in [1.54, 1.807) is 7.11 Å². The highest BCUT2D eigenvalue weighted by Gasteiger charge is 2.28. The van der Waals surface area contributed by atoms with E-state index in [9.17, 15) is 0 Å². The summed E-state index contributed by atoms with van der Waals surface area (Å²) in [4.78, 5) is 2.50. The maximum Gasteiger partial charge on any atom is 0.119 e. The van der Waals surface area contributed by atoms with Gasteiger partial charge in [0.05, 0.1) is 20.3 Å². The number of nitrogens with zero attached hydrogens (tertiary/aromatic N) is 1. The molecule has 0 saturated carbocycles. The minimum absolute atomic E-state index is 0.136. The Hall–Kier alpha value is -1.10. The Morgan fingerprint density at radius 2 is 2.05 bits per heavy atom. The Bertz CT molecular complexity index is 442. The van der Waals surface area contributed by atoms with Gasteiger partial charge in [0.2, 0.25) is 0 Å². The molecule has 1 saturated heterocycles. The van der Waals surface area contributed by atoms with Gasteiger partial charge in [-0.05, 0) is 38.5 Å². The van der Waals surface area contributed by atoms with Gasteiger partial charge in [0.1, 0.15) is 5.75 Å². The van der Waals surface area contributed by atoms with Crippen LogP contribution >= 0.6 is 0 Å². The first-order valence-corrected chi connectivity index (χ1v) is 7.73. The second kappa shape index (κ2) is 7.25. The van der Waals surface area contributed by atoms with Gasteiger partial charge < -0.3 is 14.8 Å². The summed E-state index contributed by atoms with van der Waals surface area (Å²) in [7, 11) is 1.71. The largest absolute Gasteiger partial charge is 0.497 e. The minimum Gasteiger partial charge on any atom is -0.497 e. The van der Waals surface area contributed by atoms with Crippen molar-refractivity contribution in [3.63, 3.8) is 0 Å². The summed E-state index contributed by atoms with van der Waals surface area (Å²) in [6.07, 6.45) is 0. The summed E-state index contributed by atoms with van der Waals surface area (Å²) in [5.74, 6) is 0.911. The van der Waals surface area contributed by atoms with Crippen LogP contribution in [0.5, 0.6) is 5.75 Å². The Morgan fingerprint density at radius 1 is 1.33 bits per heavy atom. The molecule has 2 rings (SSSR count). The predicted octanol–water partition coefficient (Wildman–Crippen LogP) is 2.46. The zero-order valence-electron chi connectivity index (χ0n) is 13.7. The Labute approximate surface area is 128 Å². The molecule has 118 valence electrons. The molecule has 21 heavy (non-hydrogen) atoms. The van der Waals surface area contributed by atoms with E-state index in [1.165, 1.54) is 5.56 Å². The molecule has 1 aromatic carbocycles. The van der Waals surface area contributed by atoms with Gasteiger partial charge in [-0.3, -0.25) is 4.90 Å². The van der Waals surface area contributed by atoms with E-state index < -0.39 is 0 Å². The fourth-order valence-electron chi connectivity index (χ4n) is 2.71. The van der Waals surface area contributed by atoms with Crippen molar-refractivity contribution in [3.8, 4) is 5.75 Å².